The number of thioether (sulfide) groups is 1. The van der Waals surface area contributed by atoms with Gasteiger partial charge in [0.05, 0.1) is 17.4 Å². The van der Waals surface area contributed by atoms with Crippen molar-refractivity contribution >= 4 is 29.3 Å². The zero-order valence-corrected chi connectivity index (χ0v) is 17.9. The summed E-state index contributed by atoms with van der Waals surface area (Å²) in [5.74, 6) is -2.31. The van der Waals surface area contributed by atoms with E-state index >= 15 is 0 Å². The number of carbonyl (C=O) groups excluding carboxylic acids is 2. The molecule has 1 unspecified atom stereocenters. The molecule has 2 N–H and O–H groups in total. The summed E-state index contributed by atoms with van der Waals surface area (Å²) in [5.41, 5.74) is 2.67. The fourth-order valence-corrected chi connectivity index (χ4v) is 3.75. The first-order chi connectivity index (χ1) is 14.8. The van der Waals surface area contributed by atoms with E-state index in [2.05, 4.69) is 10.6 Å². The highest BCUT2D eigenvalue weighted by Gasteiger charge is 2.17. The van der Waals surface area contributed by atoms with Crippen molar-refractivity contribution in [1.29, 1.82) is 0 Å². The SMILES string of the molecule is Cc1ccc(NC(=O)CSc2ccccc2C(=O)NC(C)c2ccc(F)c(F)c2)cc1. The van der Waals surface area contributed by atoms with Crippen LogP contribution in [0.2, 0.25) is 0 Å². The monoisotopic (exact) mass is 440 g/mol. The fourth-order valence-electron chi connectivity index (χ4n) is 2.90. The van der Waals surface area contributed by atoms with Crippen LogP contribution in [-0.4, -0.2) is 17.6 Å². The third kappa shape index (κ3) is 6.15. The Bertz CT molecular complexity index is 1090. The van der Waals surface area contributed by atoms with Gasteiger partial charge in [-0.2, -0.15) is 0 Å². The van der Waals surface area contributed by atoms with E-state index in [1.54, 1.807) is 31.2 Å². The number of halogens is 2. The maximum atomic E-state index is 13.5. The molecule has 0 heterocycles. The first-order valence-corrected chi connectivity index (χ1v) is 10.7. The van der Waals surface area contributed by atoms with E-state index in [1.807, 2.05) is 31.2 Å². The first-order valence-electron chi connectivity index (χ1n) is 9.67. The number of amides is 2. The Balaban J connectivity index is 1.63. The predicted molar refractivity (Wildman–Crippen MR) is 119 cm³/mol. The molecule has 0 fully saturated rings. The van der Waals surface area contributed by atoms with Crippen molar-refractivity contribution in [1.82, 2.24) is 5.32 Å². The Labute approximate surface area is 184 Å². The molecule has 3 rings (SSSR count). The lowest BCUT2D eigenvalue weighted by atomic mass is 10.1. The van der Waals surface area contributed by atoms with Crippen molar-refractivity contribution in [2.24, 2.45) is 0 Å². The molecular formula is C24H22F2N2O2S. The summed E-state index contributed by atoms with van der Waals surface area (Å²) in [6.45, 7) is 3.66. The molecule has 7 heteroatoms. The zero-order chi connectivity index (χ0) is 22.4. The molecule has 0 radical (unpaired) electrons. The van der Waals surface area contributed by atoms with E-state index in [9.17, 15) is 18.4 Å². The van der Waals surface area contributed by atoms with Gasteiger partial charge >= 0.3 is 0 Å². The highest BCUT2D eigenvalue weighted by Crippen LogP contribution is 2.24. The molecule has 4 nitrogen and oxygen atoms in total. The topological polar surface area (TPSA) is 58.2 Å². The summed E-state index contributed by atoms with van der Waals surface area (Å²) in [6.07, 6.45) is 0. The van der Waals surface area contributed by atoms with Gasteiger partial charge < -0.3 is 10.6 Å². The number of rotatable bonds is 7. The third-order valence-corrected chi connectivity index (χ3v) is 5.69. The molecule has 0 saturated carbocycles. The Kier molecular flexibility index (Phi) is 7.41. The van der Waals surface area contributed by atoms with Crippen LogP contribution in [0.15, 0.2) is 71.6 Å². The van der Waals surface area contributed by atoms with E-state index in [-0.39, 0.29) is 17.6 Å². The molecule has 0 aliphatic rings. The van der Waals surface area contributed by atoms with Gasteiger partial charge in [0.15, 0.2) is 11.6 Å². The van der Waals surface area contributed by atoms with Gasteiger partial charge in [0, 0.05) is 10.6 Å². The Hall–Kier alpha value is -3.19. The van der Waals surface area contributed by atoms with Crippen LogP contribution in [0, 0.1) is 18.6 Å². The summed E-state index contributed by atoms with van der Waals surface area (Å²) >= 11 is 1.25. The van der Waals surface area contributed by atoms with Crippen molar-refractivity contribution in [2.45, 2.75) is 24.8 Å². The van der Waals surface area contributed by atoms with E-state index < -0.39 is 17.7 Å². The minimum absolute atomic E-state index is 0.136. The van der Waals surface area contributed by atoms with Gasteiger partial charge in [-0.15, -0.1) is 11.8 Å². The molecule has 31 heavy (non-hydrogen) atoms. The van der Waals surface area contributed by atoms with Crippen LogP contribution < -0.4 is 10.6 Å². The lowest BCUT2D eigenvalue weighted by molar-refractivity contribution is -0.113. The molecule has 0 aliphatic carbocycles. The fraction of sp³-hybridized carbons (Fsp3) is 0.167. The minimum atomic E-state index is -0.964. The number of hydrogen-bond acceptors (Lipinski definition) is 3. The molecule has 0 aliphatic heterocycles. The second-order valence-electron chi connectivity index (χ2n) is 7.07. The van der Waals surface area contributed by atoms with E-state index in [1.165, 1.54) is 17.8 Å². The van der Waals surface area contributed by atoms with Gasteiger partial charge in [-0.1, -0.05) is 35.9 Å². The van der Waals surface area contributed by atoms with E-state index in [0.29, 0.717) is 21.7 Å². The number of nitrogens with one attached hydrogen (secondary N) is 2. The average molecular weight is 441 g/mol. The predicted octanol–water partition coefficient (Wildman–Crippen LogP) is 5.50. The lowest BCUT2D eigenvalue weighted by Gasteiger charge is -2.16. The summed E-state index contributed by atoms with van der Waals surface area (Å²) < 4.78 is 26.6. The molecule has 0 spiro atoms. The molecule has 3 aromatic carbocycles. The van der Waals surface area contributed by atoms with Crippen LogP contribution in [0.4, 0.5) is 14.5 Å². The normalized spacial score (nSPS) is 11.6. The first kappa shape index (κ1) is 22.5. The smallest absolute Gasteiger partial charge is 0.252 e. The second kappa shape index (κ2) is 10.2. The average Bonchev–Trinajstić information content (AvgIpc) is 2.76. The van der Waals surface area contributed by atoms with E-state index in [0.717, 1.165) is 17.7 Å². The third-order valence-electron chi connectivity index (χ3n) is 4.62. The van der Waals surface area contributed by atoms with Gasteiger partial charge in [0.1, 0.15) is 0 Å². The summed E-state index contributed by atoms with van der Waals surface area (Å²) in [7, 11) is 0. The van der Waals surface area contributed by atoms with Crippen LogP contribution in [-0.2, 0) is 4.79 Å². The molecule has 160 valence electrons. The second-order valence-corrected chi connectivity index (χ2v) is 8.08. The largest absolute Gasteiger partial charge is 0.345 e. The molecule has 1 atom stereocenters. The molecule has 0 aromatic heterocycles. The highest BCUT2D eigenvalue weighted by atomic mass is 32.2. The van der Waals surface area contributed by atoms with Crippen molar-refractivity contribution in [3.63, 3.8) is 0 Å². The van der Waals surface area contributed by atoms with Gasteiger partial charge in [-0.3, -0.25) is 9.59 Å². The molecule has 0 bridgehead atoms. The Morgan fingerprint density at radius 2 is 1.68 bits per heavy atom. The Morgan fingerprint density at radius 1 is 0.968 bits per heavy atom. The lowest BCUT2D eigenvalue weighted by Crippen LogP contribution is -2.27. The van der Waals surface area contributed by atoms with Crippen molar-refractivity contribution in [3.05, 3.63) is 95.1 Å². The van der Waals surface area contributed by atoms with Crippen LogP contribution in [0.3, 0.4) is 0 Å². The highest BCUT2D eigenvalue weighted by molar-refractivity contribution is 8.00. The van der Waals surface area contributed by atoms with Crippen molar-refractivity contribution in [3.8, 4) is 0 Å². The van der Waals surface area contributed by atoms with Crippen LogP contribution >= 0.6 is 11.8 Å². The maximum absolute atomic E-state index is 13.5. The van der Waals surface area contributed by atoms with Gasteiger partial charge in [-0.05, 0) is 55.8 Å². The van der Waals surface area contributed by atoms with Crippen LogP contribution in [0.1, 0.15) is 34.5 Å². The van der Waals surface area contributed by atoms with Gasteiger partial charge in [-0.25, -0.2) is 8.78 Å². The van der Waals surface area contributed by atoms with Gasteiger partial charge in [0.25, 0.3) is 5.91 Å². The van der Waals surface area contributed by atoms with Crippen LogP contribution in [0.25, 0.3) is 0 Å². The number of carbonyl (C=O) groups is 2. The number of anilines is 1. The summed E-state index contributed by atoms with van der Waals surface area (Å²) in [4.78, 5) is 25.7. The van der Waals surface area contributed by atoms with Crippen molar-refractivity contribution in [2.75, 3.05) is 11.1 Å². The minimum Gasteiger partial charge on any atom is -0.345 e. The number of aryl methyl sites for hydroxylation is 1. The molecule has 0 saturated heterocycles. The maximum Gasteiger partial charge on any atom is 0.252 e. The number of benzene rings is 3. The standard InChI is InChI=1S/C24H22F2N2O2S/c1-15-7-10-18(11-8-15)28-23(29)14-31-22-6-4-3-5-19(22)24(30)27-16(2)17-9-12-20(25)21(26)13-17/h3-13,16H,14H2,1-2H3,(H,27,30)(H,28,29). The van der Waals surface area contributed by atoms with Crippen LogP contribution in [0.5, 0.6) is 0 Å². The quantitative estimate of drug-likeness (QED) is 0.477. The van der Waals surface area contributed by atoms with E-state index in [4.69, 9.17) is 0 Å². The zero-order valence-electron chi connectivity index (χ0n) is 17.1. The summed E-state index contributed by atoms with van der Waals surface area (Å²) in [6, 6.07) is 17.4. The molecule has 3 aromatic rings. The Morgan fingerprint density at radius 3 is 2.39 bits per heavy atom. The number of hydrogen-bond donors (Lipinski definition) is 2. The molecular weight excluding hydrogens is 418 g/mol. The van der Waals surface area contributed by atoms with Gasteiger partial charge in [0.2, 0.25) is 5.91 Å². The van der Waals surface area contributed by atoms with Crippen molar-refractivity contribution < 1.29 is 18.4 Å². The summed E-state index contributed by atoms with van der Waals surface area (Å²) in [5, 5.41) is 5.62. The molecule has 2 amide bonds.